The van der Waals surface area contributed by atoms with Crippen molar-refractivity contribution in [3.8, 4) is 22.3 Å². The molecule has 0 saturated carbocycles. The maximum absolute atomic E-state index is 5.22. The van der Waals surface area contributed by atoms with E-state index < -0.39 is 0 Å². The first-order valence-electron chi connectivity index (χ1n) is 12.3. The molecule has 5 aromatic carbocycles. The van der Waals surface area contributed by atoms with E-state index in [0.717, 1.165) is 24.0 Å². The van der Waals surface area contributed by atoms with Crippen LogP contribution in [0.1, 0.15) is 22.3 Å². The summed E-state index contributed by atoms with van der Waals surface area (Å²) in [6, 6.07) is 35.7. The van der Waals surface area contributed by atoms with Crippen LogP contribution >= 0.6 is 0 Å². The van der Waals surface area contributed by atoms with Gasteiger partial charge in [-0.2, -0.15) is 0 Å². The Kier molecular flexibility index (Phi) is 3.16. The highest BCUT2D eigenvalue weighted by Gasteiger charge is 2.28. The van der Waals surface area contributed by atoms with Gasteiger partial charge in [-0.25, -0.2) is 4.98 Å². The van der Waals surface area contributed by atoms with Gasteiger partial charge < -0.3 is 0 Å². The molecule has 2 heterocycles. The Bertz CT molecular complexity index is 2060. The zero-order valence-corrected chi connectivity index (χ0v) is 19.0. The summed E-state index contributed by atoms with van der Waals surface area (Å²) in [7, 11) is 0. The number of hydrogen-bond acceptors (Lipinski definition) is 1. The summed E-state index contributed by atoms with van der Waals surface area (Å²) < 4.78 is 2.43. The Morgan fingerprint density at radius 2 is 1.17 bits per heavy atom. The Labute approximate surface area is 202 Å². The van der Waals surface area contributed by atoms with Crippen molar-refractivity contribution < 1.29 is 0 Å². The second-order valence-electron chi connectivity index (χ2n) is 9.95. The second kappa shape index (κ2) is 6.17. The van der Waals surface area contributed by atoms with Gasteiger partial charge in [-0.15, -0.1) is 0 Å². The van der Waals surface area contributed by atoms with Gasteiger partial charge in [-0.3, -0.25) is 4.40 Å². The van der Waals surface area contributed by atoms with Crippen LogP contribution in [0.4, 0.5) is 0 Å². The van der Waals surface area contributed by atoms with Gasteiger partial charge in [0.1, 0.15) is 5.65 Å². The Morgan fingerprint density at radius 3 is 1.97 bits per heavy atom. The SMILES string of the molecule is c1ccc2c(c1)Cc1ccc3c(c1-2)c1ccc2c(c1n1c4ccccc4nc31)-c1ccccc1C2. The standard InChI is InChI=1S/C33H20N2/c1-3-9-23-19(7-1)17-21-14-16-26-31(29(21)23)25-15-13-22-18-20-8-2-4-10-24(20)30(22)32(25)35-28-12-6-5-11-27(28)34-33(26)35/h1-16H,17-18H2. The number of rotatable bonds is 0. The first-order valence-corrected chi connectivity index (χ1v) is 12.3. The highest BCUT2D eigenvalue weighted by molar-refractivity contribution is 6.23. The van der Waals surface area contributed by atoms with Crippen molar-refractivity contribution in [2.75, 3.05) is 0 Å². The summed E-state index contributed by atoms with van der Waals surface area (Å²) in [6.45, 7) is 0. The zero-order chi connectivity index (χ0) is 22.7. The predicted octanol–water partition coefficient (Wildman–Crippen LogP) is 7.94. The van der Waals surface area contributed by atoms with E-state index in [1.54, 1.807) is 0 Å². The lowest BCUT2D eigenvalue weighted by Crippen LogP contribution is -1.96. The number of benzene rings is 5. The molecule has 0 N–H and O–H groups in total. The largest absolute Gasteiger partial charge is 0.291 e. The average molecular weight is 445 g/mol. The molecule has 0 amide bonds. The molecule has 2 heteroatoms. The normalized spacial score (nSPS) is 13.5. The van der Waals surface area contributed by atoms with E-state index in [9.17, 15) is 0 Å². The van der Waals surface area contributed by atoms with E-state index in [1.165, 1.54) is 71.7 Å². The molecule has 9 rings (SSSR count). The molecule has 0 fully saturated rings. The topological polar surface area (TPSA) is 17.3 Å². The van der Waals surface area contributed by atoms with Crippen molar-refractivity contribution in [3.63, 3.8) is 0 Å². The van der Waals surface area contributed by atoms with E-state index in [-0.39, 0.29) is 0 Å². The molecule has 0 bridgehead atoms. The number of nitrogens with zero attached hydrogens (tertiary/aromatic N) is 2. The minimum absolute atomic E-state index is 0.989. The summed E-state index contributed by atoms with van der Waals surface area (Å²) in [5.74, 6) is 0. The number of pyridine rings is 1. The summed E-state index contributed by atoms with van der Waals surface area (Å²) in [6.07, 6.45) is 1.99. The fraction of sp³-hybridized carbons (Fsp3) is 0.0606. The van der Waals surface area contributed by atoms with Crippen LogP contribution in [0.2, 0.25) is 0 Å². The molecule has 0 unspecified atom stereocenters. The van der Waals surface area contributed by atoms with Crippen molar-refractivity contribution >= 4 is 38.4 Å². The molecule has 0 aliphatic heterocycles. The zero-order valence-electron chi connectivity index (χ0n) is 19.0. The van der Waals surface area contributed by atoms with E-state index in [1.807, 2.05) is 0 Å². The van der Waals surface area contributed by atoms with Crippen LogP contribution in [0, 0.1) is 0 Å². The maximum atomic E-state index is 5.22. The third-order valence-electron chi connectivity index (χ3n) is 8.19. The number of para-hydroxylation sites is 2. The number of fused-ring (bicyclic) bond motifs is 16. The minimum Gasteiger partial charge on any atom is -0.291 e. The molecule has 7 aromatic rings. The Hall–Kier alpha value is -4.43. The number of hydrogen-bond donors (Lipinski definition) is 0. The second-order valence-corrected chi connectivity index (χ2v) is 9.95. The van der Waals surface area contributed by atoms with Crippen molar-refractivity contribution in [2.24, 2.45) is 0 Å². The van der Waals surface area contributed by atoms with Crippen LogP contribution in [0.3, 0.4) is 0 Å². The van der Waals surface area contributed by atoms with E-state index in [0.29, 0.717) is 0 Å². The summed E-state index contributed by atoms with van der Waals surface area (Å²) in [5, 5.41) is 3.90. The highest BCUT2D eigenvalue weighted by atomic mass is 15.0. The smallest absolute Gasteiger partial charge is 0.146 e. The molecule has 2 nitrogen and oxygen atoms in total. The molecule has 2 aliphatic carbocycles. The van der Waals surface area contributed by atoms with Crippen LogP contribution in [-0.4, -0.2) is 9.38 Å². The van der Waals surface area contributed by atoms with Crippen LogP contribution in [0.25, 0.3) is 60.6 Å². The number of imidazole rings is 1. The Balaban J connectivity index is 1.61. The first kappa shape index (κ1) is 18.0. The van der Waals surface area contributed by atoms with Gasteiger partial charge in [-0.1, -0.05) is 84.9 Å². The summed E-state index contributed by atoms with van der Waals surface area (Å²) in [5.41, 5.74) is 15.7. The summed E-state index contributed by atoms with van der Waals surface area (Å²) >= 11 is 0. The van der Waals surface area contributed by atoms with E-state index >= 15 is 0 Å². The van der Waals surface area contributed by atoms with Gasteiger partial charge in [0.25, 0.3) is 0 Å². The molecule has 0 saturated heterocycles. The third kappa shape index (κ3) is 2.14. The Morgan fingerprint density at radius 1 is 0.543 bits per heavy atom. The van der Waals surface area contributed by atoms with Gasteiger partial charge >= 0.3 is 0 Å². The quantitative estimate of drug-likeness (QED) is 0.217. The minimum atomic E-state index is 0.989. The molecular formula is C33H20N2. The van der Waals surface area contributed by atoms with Gasteiger partial charge in [0, 0.05) is 21.7 Å². The van der Waals surface area contributed by atoms with Gasteiger partial charge in [-0.05, 0) is 63.9 Å². The van der Waals surface area contributed by atoms with Gasteiger partial charge in [0.15, 0.2) is 0 Å². The fourth-order valence-electron chi connectivity index (χ4n) is 6.76. The van der Waals surface area contributed by atoms with Crippen molar-refractivity contribution in [1.82, 2.24) is 9.38 Å². The van der Waals surface area contributed by atoms with Crippen LogP contribution in [0.5, 0.6) is 0 Å². The van der Waals surface area contributed by atoms with E-state index in [4.69, 9.17) is 4.98 Å². The van der Waals surface area contributed by atoms with Crippen LogP contribution in [0.15, 0.2) is 97.1 Å². The molecule has 0 spiro atoms. The lowest BCUT2D eigenvalue weighted by Gasteiger charge is -2.16. The van der Waals surface area contributed by atoms with E-state index in [2.05, 4.69) is 101 Å². The lowest BCUT2D eigenvalue weighted by atomic mass is 9.92. The average Bonchev–Trinajstić information content (AvgIpc) is 3.59. The maximum Gasteiger partial charge on any atom is 0.146 e. The molecule has 0 atom stereocenters. The van der Waals surface area contributed by atoms with Gasteiger partial charge in [0.05, 0.1) is 16.6 Å². The van der Waals surface area contributed by atoms with Gasteiger partial charge in [0.2, 0.25) is 0 Å². The van der Waals surface area contributed by atoms with Crippen LogP contribution < -0.4 is 0 Å². The molecule has 2 aliphatic rings. The van der Waals surface area contributed by atoms with Crippen molar-refractivity contribution in [1.29, 1.82) is 0 Å². The number of aromatic nitrogens is 2. The molecule has 162 valence electrons. The fourth-order valence-corrected chi connectivity index (χ4v) is 6.76. The molecule has 35 heavy (non-hydrogen) atoms. The van der Waals surface area contributed by atoms with Crippen LogP contribution in [-0.2, 0) is 12.8 Å². The monoisotopic (exact) mass is 444 g/mol. The van der Waals surface area contributed by atoms with Crippen molar-refractivity contribution in [3.05, 3.63) is 119 Å². The third-order valence-corrected chi connectivity index (χ3v) is 8.19. The first-order chi connectivity index (χ1) is 17.4. The predicted molar refractivity (Wildman–Crippen MR) is 144 cm³/mol. The molecule has 2 aromatic heterocycles. The van der Waals surface area contributed by atoms with Crippen molar-refractivity contribution in [2.45, 2.75) is 12.8 Å². The molecular weight excluding hydrogens is 424 g/mol. The molecule has 0 radical (unpaired) electrons. The highest BCUT2D eigenvalue weighted by Crippen LogP contribution is 2.49. The summed E-state index contributed by atoms with van der Waals surface area (Å²) in [4.78, 5) is 5.22. The lowest BCUT2D eigenvalue weighted by molar-refractivity contribution is 1.26.